The second kappa shape index (κ2) is 6.61. The molecule has 0 fully saturated rings. The Morgan fingerprint density at radius 2 is 1.89 bits per heavy atom. The molecule has 1 unspecified atom stereocenters. The zero-order chi connectivity index (χ0) is 13.5. The molecule has 0 radical (unpaired) electrons. The highest BCUT2D eigenvalue weighted by Crippen LogP contribution is 2.13. The zero-order valence-electron chi connectivity index (χ0n) is 10.3. The van der Waals surface area contributed by atoms with Crippen LogP contribution in [-0.4, -0.2) is 18.5 Å². The summed E-state index contributed by atoms with van der Waals surface area (Å²) in [5, 5.41) is 5.16. The molecule has 1 aromatic carbocycles. The van der Waals surface area contributed by atoms with Crippen molar-refractivity contribution in [1.82, 2.24) is 5.32 Å². The fourth-order valence-electron chi connectivity index (χ4n) is 1.34. The minimum Gasteiger partial charge on any atom is -0.370 e. The van der Waals surface area contributed by atoms with Gasteiger partial charge in [-0.3, -0.25) is 4.79 Å². The maximum Gasteiger partial charge on any atom is 0.319 e. The van der Waals surface area contributed by atoms with E-state index in [1.165, 1.54) is 0 Å². The Morgan fingerprint density at radius 3 is 2.39 bits per heavy atom. The molecule has 0 aliphatic heterocycles. The summed E-state index contributed by atoms with van der Waals surface area (Å²) in [6.07, 6.45) is 0.122. The number of amides is 3. The van der Waals surface area contributed by atoms with E-state index < -0.39 is 5.91 Å². The predicted octanol–water partition coefficient (Wildman–Crippen LogP) is 0.703. The van der Waals surface area contributed by atoms with Crippen molar-refractivity contribution in [3.8, 4) is 0 Å². The molecule has 6 N–H and O–H groups in total. The van der Waals surface area contributed by atoms with Crippen molar-refractivity contribution in [2.24, 2.45) is 11.5 Å². The smallest absolute Gasteiger partial charge is 0.319 e. The van der Waals surface area contributed by atoms with E-state index in [4.69, 9.17) is 11.5 Å². The van der Waals surface area contributed by atoms with E-state index in [2.05, 4.69) is 10.6 Å². The van der Waals surface area contributed by atoms with Gasteiger partial charge in [-0.25, -0.2) is 4.79 Å². The molecule has 0 bridgehead atoms. The average molecular weight is 250 g/mol. The van der Waals surface area contributed by atoms with Gasteiger partial charge in [0.05, 0.1) is 0 Å². The van der Waals surface area contributed by atoms with Crippen LogP contribution in [0.4, 0.5) is 10.5 Å². The topological polar surface area (TPSA) is 110 Å². The van der Waals surface area contributed by atoms with Crippen LogP contribution in [0.1, 0.15) is 24.9 Å². The minimum absolute atomic E-state index is 0.0385. The van der Waals surface area contributed by atoms with Gasteiger partial charge in [-0.05, 0) is 24.6 Å². The lowest BCUT2D eigenvalue weighted by atomic mass is 10.1. The highest BCUT2D eigenvalue weighted by atomic mass is 16.2. The Labute approximate surface area is 106 Å². The Kier molecular flexibility index (Phi) is 5.13. The van der Waals surface area contributed by atoms with Gasteiger partial charge in [-0.1, -0.05) is 12.1 Å². The van der Waals surface area contributed by atoms with Crippen LogP contribution >= 0.6 is 0 Å². The van der Waals surface area contributed by atoms with Crippen LogP contribution in [0.3, 0.4) is 0 Å². The fraction of sp³-hybridized carbons (Fsp3) is 0.333. The molecule has 0 aliphatic rings. The van der Waals surface area contributed by atoms with E-state index in [1.807, 2.05) is 19.1 Å². The third-order valence-corrected chi connectivity index (χ3v) is 2.35. The number of nitrogens with one attached hydrogen (secondary N) is 2. The van der Waals surface area contributed by atoms with Gasteiger partial charge in [0.2, 0.25) is 5.91 Å². The van der Waals surface area contributed by atoms with Gasteiger partial charge in [0.1, 0.15) is 0 Å². The molecule has 18 heavy (non-hydrogen) atoms. The van der Waals surface area contributed by atoms with E-state index in [0.717, 1.165) is 5.56 Å². The van der Waals surface area contributed by atoms with Gasteiger partial charge < -0.3 is 22.1 Å². The van der Waals surface area contributed by atoms with E-state index in [1.54, 1.807) is 12.1 Å². The molecular weight excluding hydrogens is 232 g/mol. The van der Waals surface area contributed by atoms with E-state index in [0.29, 0.717) is 5.69 Å². The van der Waals surface area contributed by atoms with Crippen molar-refractivity contribution in [1.29, 1.82) is 0 Å². The number of primary amides is 1. The molecule has 6 heteroatoms. The van der Waals surface area contributed by atoms with Crippen LogP contribution in [-0.2, 0) is 4.79 Å². The maximum absolute atomic E-state index is 11.4. The molecule has 1 rings (SSSR count). The number of urea groups is 1. The first-order chi connectivity index (χ1) is 8.49. The molecule has 98 valence electrons. The third-order valence-electron chi connectivity index (χ3n) is 2.35. The lowest BCUT2D eigenvalue weighted by Gasteiger charge is -2.09. The van der Waals surface area contributed by atoms with E-state index in [-0.39, 0.29) is 25.0 Å². The first kappa shape index (κ1) is 14.0. The molecular formula is C12H18N4O2. The zero-order valence-corrected chi connectivity index (χ0v) is 10.3. The predicted molar refractivity (Wildman–Crippen MR) is 69.9 cm³/mol. The largest absolute Gasteiger partial charge is 0.370 e. The normalized spacial score (nSPS) is 11.7. The number of anilines is 1. The number of carbonyl (C=O) groups excluding carboxylic acids is 2. The van der Waals surface area contributed by atoms with Crippen molar-refractivity contribution in [3.63, 3.8) is 0 Å². The highest BCUT2D eigenvalue weighted by molar-refractivity contribution is 5.89. The van der Waals surface area contributed by atoms with Crippen LogP contribution in [0.15, 0.2) is 24.3 Å². The molecule has 0 spiro atoms. The lowest BCUT2D eigenvalue weighted by molar-refractivity contribution is -0.117. The molecule has 0 saturated heterocycles. The second-order valence-electron chi connectivity index (χ2n) is 4.01. The maximum atomic E-state index is 11.4. The van der Waals surface area contributed by atoms with Crippen molar-refractivity contribution >= 4 is 17.6 Å². The van der Waals surface area contributed by atoms with Gasteiger partial charge >= 0.3 is 6.03 Å². The Bertz CT molecular complexity index is 415. The monoisotopic (exact) mass is 250 g/mol. The molecule has 3 amide bonds. The number of carbonyl (C=O) groups is 2. The van der Waals surface area contributed by atoms with Gasteiger partial charge in [0.15, 0.2) is 0 Å². The van der Waals surface area contributed by atoms with Crippen LogP contribution < -0.4 is 22.1 Å². The summed E-state index contributed by atoms with van der Waals surface area (Å²) in [7, 11) is 0. The summed E-state index contributed by atoms with van der Waals surface area (Å²) in [6.45, 7) is 2.11. The molecule has 0 aliphatic carbocycles. The van der Waals surface area contributed by atoms with Gasteiger partial charge in [0.25, 0.3) is 0 Å². The number of hydrogen-bond acceptors (Lipinski definition) is 3. The number of nitrogens with two attached hydrogens (primary N) is 2. The Hall–Kier alpha value is -2.08. The van der Waals surface area contributed by atoms with E-state index >= 15 is 0 Å². The molecule has 0 saturated carbocycles. The average Bonchev–Trinajstić information content (AvgIpc) is 2.29. The first-order valence-corrected chi connectivity index (χ1v) is 5.67. The lowest BCUT2D eigenvalue weighted by Crippen LogP contribution is -2.31. The molecule has 1 aromatic rings. The fourth-order valence-corrected chi connectivity index (χ4v) is 1.34. The molecule has 6 nitrogen and oxygen atoms in total. The van der Waals surface area contributed by atoms with E-state index in [9.17, 15) is 9.59 Å². The SMILES string of the molecule is CC(N)c1ccc(NC(=O)NCCC(N)=O)cc1. The second-order valence-corrected chi connectivity index (χ2v) is 4.01. The minimum atomic E-state index is -0.448. The molecule has 1 atom stereocenters. The van der Waals surface area contributed by atoms with Crippen LogP contribution in [0.5, 0.6) is 0 Å². The van der Waals surface area contributed by atoms with Crippen LogP contribution in [0.2, 0.25) is 0 Å². The standard InChI is InChI=1S/C12H18N4O2/c1-8(13)9-2-4-10(5-3-9)16-12(18)15-7-6-11(14)17/h2-5,8H,6-7,13H2,1H3,(H2,14,17)(H2,15,16,18). The number of benzene rings is 1. The Morgan fingerprint density at radius 1 is 1.28 bits per heavy atom. The summed E-state index contributed by atoms with van der Waals surface area (Å²) < 4.78 is 0. The van der Waals surface area contributed by atoms with Crippen molar-refractivity contribution in [3.05, 3.63) is 29.8 Å². The van der Waals surface area contributed by atoms with Crippen molar-refractivity contribution < 1.29 is 9.59 Å². The molecule has 0 heterocycles. The quantitative estimate of drug-likeness (QED) is 0.617. The third kappa shape index (κ3) is 4.84. The summed E-state index contributed by atoms with van der Waals surface area (Å²) in [4.78, 5) is 21.9. The van der Waals surface area contributed by atoms with Gasteiger partial charge in [0, 0.05) is 24.7 Å². The van der Waals surface area contributed by atoms with Crippen molar-refractivity contribution in [2.45, 2.75) is 19.4 Å². The van der Waals surface area contributed by atoms with Gasteiger partial charge in [-0.2, -0.15) is 0 Å². The van der Waals surface area contributed by atoms with Crippen molar-refractivity contribution in [2.75, 3.05) is 11.9 Å². The summed E-state index contributed by atoms with van der Waals surface area (Å²) >= 11 is 0. The summed E-state index contributed by atoms with van der Waals surface area (Å²) in [5.41, 5.74) is 12.3. The number of rotatable bonds is 5. The number of hydrogen-bond donors (Lipinski definition) is 4. The van der Waals surface area contributed by atoms with Crippen LogP contribution in [0, 0.1) is 0 Å². The van der Waals surface area contributed by atoms with Gasteiger partial charge in [-0.15, -0.1) is 0 Å². The van der Waals surface area contributed by atoms with Crippen LogP contribution in [0.25, 0.3) is 0 Å². The summed E-state index contributed by atoms with van der Waals surface area (Å²) in [6, 6.07) is 6.83. The Balaban J connectivity index is 2.42. The highest BCUT2D eigenvalue weighted by Gasteiger charge is 2.03. The molecule has 0 aromatic heterocycles. The first-order valence-electron chi connectivity index (χ1n) is 5.67. The summed E-state index contributed by atoms with van der Waals surface area (Å²) in [5.74, 6) is -0.448.